The molecule has 5 heteroatoms. The van der Waals surface area contributed by atoms with Gasteiger partial charge in [-0.25, -0.2) is 4.99 Å². The first-order valence-corrected chi connectivity index (χ1v) is 9.12. The molecule has 5 nitrogen and oxygen atoms in total. The number of carbonyl (C=O) groups is 1. The van der Waals surface area contributed by atoms with Crippen LogP contribution in [-0.2, 0) is 4.79 Å². The molecule has 0 aliphatic carbocycles. The average Bonchev–Trinajstić information content (AvgIpc) is 2.95. The van der Waals surface area contributed by atoms with Crippen molar-refractivity contribution in [3.05, 3.63) is 54.1 Å². The molecule has 0 saturated carbocycles. The maximum absolute atomic E-state index is 13.1. The van der Waals surface area contributed by atoms with Gasteiger partial charge < -0.3 is 4.74 Å². The summed E-state index contributed by atoms with van der Waals surface area (Å²) in [6.07, 6.45) is 3.69. The number of hydrogen-bond donors (Lipinski definition) is 0. The van der Waals surface area contributed by atoms with Gasteiger partial charge in [0.25, 0.3) is 5.91 Å². The first-order valence-electron chi connectivity index (χ1n) is 9.12. The fourth-order valence-corrected chi connectivity index (χ4v) is 3.60. The summed E-state index contributed by atoms with van der Waals surface area (Å²) in [6.45, 7) is 2.74. The predicted octanol–water partition coefficient (Wildman–Crippen LogP) is 3.61. The van der Waals surface area contributed by atoms with E-state index in [0.717, 1.165) is 35.8 Å². The zero-order chi connectivity index (χ0) is 17.9. The minimum Gasteiger partial charge on any atom is -0.497 e. The van der Waals surface area contributed by atoms with Gasteiger partial charge in [-0.3, -0.25) is 14.6 Å². The molecule has 0 N–H and O–H groups in total. The Balaban J connectivity index is 1.65. The summed E-state index contributed by atoms with van der Waals surface area (Å²) in [5.41, 5.74) is 3.13. The Morgan fingerprint density at radius 2 is 1.73 bits per heavy atom. The lowest BCUT2D eigenvalue weighted by Gasteiger charge is -2.30. The van der Waals surface area contributed by atoms with Crippen molar-refractivity contribution in [1.29, 1.82) is 0 Å². The van der Waals surface area contributed by atoms with Crippen molar-refractivity contribution in [3.63, 3.8) is 0 Å². The quantitative estimate of drug-likeness (QED) is 0.847. The van der Waals surface area contributed by atoms with Crippen LogP contribution in [0, 0.1) is 0 Å². The first-order chi connectivity index (χ1) is 12.8. The smallest absolute Gasteiger partial charge is 0.278 e. The highest BCUT2D eigenvalue weighted by Crippen LogP contribution is 2.31. The zero-order valence-electron chi connectivity index (χ0n) is 15.0. The van der Waals surface area contributed by atoms with E-state index in [2.05, 4.69) is 9.89 Å². The molecule has 0 aromatic heterocycles. The van der Waals surface area contributed by atoms with Crippen LogP contribution in [0.4, 0.5) is 11.4 Å². The number of fused-ring (bicyclic) bond motifs is 1. The number of para-hydroxylation sites is 1. The number of hydrogen-bond acceptors (Lipinski definition) is 4. The highest BCUT2D eigenvalue weighted by atomic mass is 16.5. The zero-order valence-corrected chi connectivity index (χ0v) is 15.0. The predicted molar refractivity (Wildman–Crippen MR) is 103 cm³/mol. The monoisotopic (exact) mass is 349 g/mol. The number of rotatable bonds is 4. The molecule has 2 aromatic carbocycles. The Morgan fingerprint density at radius 3 is 2.46 bits per heavy atom. The number of benzene rings is 2. The SMILES string of the molecule is COc1ccc(N=C2C(=O)N(CN3CCCCC3)c3ccccc32)cc1. The molecule has 1 saturated heterocycles. The van der Waals surface area contributed by atoms with Crippen LogP contribution < -0.4 is 9.64 Å². The molecule has 4 rings (SSSR count). The van der Waals surface area contributed by atoms with Gasteiger partial charge in [0.05, 0.1) is 25.2 Å². The number of piperidine rings is 1. The Labute approximate surface area is 153 Å². The van der Waals surface area contributed by atoms with E-state index in [1.165, 1.54) is 19.3 Å². The molecular weight excluding hydrogens is 326 g/mol. The standard InChI is InChI=1S/C21H23N3O2/c1-26-17-11-9-16(10-12-17)22-20-18-7-3-4-8-19(18)24(21(20)25)15-23-13-5-2-6-14-23/h3-4,7-12H,2,5-6,13-15H2,1H3. The van der Waals surface area contributed by atoms with Crippen molar-refractivity contribution in [3.8, 4) is 5.75 Å². The highest BCUT2D eigenvalue weighted by molar-refractivity contribution is 6.54. The van der Waals surface area contributed by atoms with Crippen molar-refractivity contribution in [2.45, 2.75) is 19.3 Å². The van der Waals surface area contributed by atoms with Gasteiger partial charge in [0.1, 0.15) is 11.5 Å². The lowest BCUT2D eigenvalue weighted by molar-refractivity contribution is -0.112. The lowest BCUT2D eigenvalue weighted by atomic mass is 10.1. The maximum atomic E-state index is 13.1. The minimum absolute atomic E-state index is 0.0207. The number of methoxy groups -OCH3 is 1. The van der Waals surface area contributed by atoms with Crippen LogP contribution in [-0.4, -0.2) is 43.4 Å². The third-order valence-corrected chi connectivity index (χ3v) is 5.00. The van der Waals surface area contributed by atoms with Crippen LogP contribution in [0.5, 0.6) is 5.75 Å². The van der Waals surface area contributed by atoms with E-state index in [0.29, 0.717) is 12.4 Å². The average molecular weight is 349 g/mol. The number of ether oxygens (including phenoxy) is 1. The Bertz CT molecular complexity index is 823. The molecule has 0 bridgehead atoms. The van der Waals surface area contributed by atoms with Gasteiger partial charge in [0.2, 0.25) is 0 Å². The second-order valence-electron chi connectivity index (χ2n) is 6.73. The normalized spacial score (nSPS) is 19.0. The van der Waals surface area contributed by atoms with Crippen molar-refractivity contribution < 1.29 is 9.53 Å². The molecule has 1 fully saturated rings. The molecular formula is C21H23N3O2. The summed E-state index contributed by atoms with van der Waals surface area (Å²) in [5.74, 6) is 0.756. The largest absolute Gasteiger partial charge is 0.497 e. The van der Waals surface area contributed by atoms with E-state index in [-0.39, 0.29) is 5.91 Å². The van der Waals surface area contributed by atoms with Crippen LogP contribution in [0.1, 0.15) is 24.8 Å². The third-order valence-electron chi connectivity index (χ3n) is 5.00. The molecule has 0 spiro atoms. The fraction of sp³-hybridized carbons (Fsp3) is 0.333. The maximum Gasteiger partial charge on any atom is 0.278 e. The van der Waals surface area contributed by atoms with Crippen LogP contribution in [0.25, 0.3) is 0 Å². The summed E-state index contributed by atoms with van der Waals surface area (Å²) < 4.78 is 5.19. The molecule has 2 aliphatic rings. The number of amides is 1. The van der Waals surface area contributed by atoms with Crippen molar-refractivity contribution in [2.24, 2.45) is 4.99 Å². The van der Waals surface area contributed by atoms with Crippen molar-refractivity contribution in [1.82, 2.24) is 4.90 Å². The Hall–Kier alpha value is -2.66. The Kier molecular flexibility index (Phi) is 4.71. The van der Waals surface area contributed by atoms with E-state index in [1.54, 1.807) is 7.11 Å². The summed E-state index contributed by atoms with van der Waals surface area (Å²) in [4.78, 5) is 22.0. The lowest BCUT2D eigenvalue weighted by Crippen LogP contribution is -2.43. The highest BCUT2D eigenvalue weighted by Gasteiger charge is 2.34. The Morgan fingerprint density at radius 1 is 1.00 bits per heavy atom. The van der Waals surface area contributed by atoms with Crippen LogP contribution in [0.15, 0.2) is 53.5 Å². The van der Waals surface area contributed by atoms with E-state index in [9.17, 15) is 4.79 Å². The summed E-state index contributed by atoms with van der Waals surface area (Å²) >= 11 is 0. The van der Waals surface area contributed by atoms with Crippen molar-refractivity contribution in [2.75, 3.05) is 31.8 Å². The number of aliphatic imine (C=N–C) groups is 1. The van der Waals surface area contributed by atoms with Gasteiger partial charge in [-0.05, 0) is 56.3 Å². The van der Waals surface area contributed by atoms with Gasteiger partial charge in [-0.2, -0.15) is 0 Å². The van der Waals surface area contributed by atoms with Crippen LogP contribution >= 0.6 is 0 Å². The summed E-state index contributed by atoms with van der Waals surface area (Å²) in [6, 6.07) is 15.4. The van der Waals surface area contributed by atoms with E-state index in [4.69, 9.17) is 4.74 Å². The second-order valence-corrected chi connectivity index (χ2v) is 6.73. The van der Waals surface area contributed by atoms with E-state index in [1.807, 2.05) is 53.4 Å². The van der Waals surface area contributed by atoms with Gasteiger partial charge in [0, 0.05) is 5.56 Å². The fourth-order valence-electron chi connectivity index (χ4n) is 3.60. The second kappa shape index (κ2) is 7.30. The molecule has 2 aromatic rings. The summed E-state index contributed by atoms with van der Waals surface area (Å²) in [7, 11) is 1.64. The van der Waals surface area contributed by atoms with Crippen LogP contribution in [0.3, 0.4) is 0 Å². The van der Waals surface area contributed by atoms with Gasteiger partial charge in [-0.15, -0.1) is 0 Å². The number of likely N-dealkylation sites (tertiary alicyclic amines) is 1. The molecule has 0 atom stereocenters. The van der Waals surface area contributed by atoms with Gasteiger partial charge >= 0.3 is 0 Å². The summed E-state index contributed by atoms with van der Waals surface area (Å²) in [5, 5.41) is 0. The van der Waals surface area contributed by atoms with E-state index < -0.39 is 0 Å². The number of anilines is 1. The number of carbonyl (C=O) groups excluding carboxylic acids is 1. The minimum atomic E-state index is -0.0207. The molecule has 2 aliphatic heterocycles. The number of nitrogens with zero attached hydrogens (tertiary/aromatic N) is 3. The van der Waals surface area contributed by atoms with Crippen molar-refractivity contribution >= 4 is 23.0 Å². The topological polar surface area (TPSA) is 45.1 Å². The first kappa shape index (κ1) is 16.8. The third kappa shape index (κ3) is 3.22. The molecule has 2 heterocycles. The molecule has 134 valence electrons. The van der Waals surface area contributed by atoms with Gasteiger partial charge in [-0.1, -0.05) is 24.6 Å². The molecule has 0 unspecified atom stereocenters. The van der Waals surface area contributed by atoms with Crippen LogP contribution in [0.2, 0.25) is 0 Å². The molecule has 26 heavy (non-hydrogen) atoms. The van der Waals surface area contributed by atoms with Gasteiger partial charge in [0.15, 0.2) is 0 Å². The molecule has 0 radical (unpaired) electrons. The molecule has 1 amide bonds. The van der Waals surface area contributed by atoms with E-state index >= 15 is 0 Å².